The molecule has 0 unspecified atom stereocenters. The minimum atomic E-state index is 1.18. The summed E-state index contributed by atoms with van der Waals surface area (Å²) in [6, 6.07) is 24.9. The predicted octanol–water partition coefficient (Wildman–Crippen LogP) is 4.67. The maximum absolute atomic E-state index is 4.10. The van der Waals surface area contributed by atoms with Crippen molar-refractivity contribution in [2.24, 2.45) is 0 Å². The molecule has 0 aliphatic rings. The minimum absolute atomic E-state index is 1.18. The van der Waals surface area contributed by atoms with Crippen LogP contribution in [0.25, 0.3) is 11.6 Å². The molecule has 1 nitrogen and oxygen atoms in total. The second-order valence-corrected chi connectivity index (χ2v) is 4.57. The summed E-state index contributed by atoms with van der Waals surface area (Å²) in [5.41, 5.74) is 4.79. The van der Waals surface area contributed by atoms with Gasteiger partial charge in [0.2, 0.25) is 0 Å². The van der Waals surface area contributed by atoms with Gasteiger partial charge in [-0.3, -0.25) is 4.98 Å². The lowest BCUT2D eigenvalue weighted by molar-refractivity contribution is 1.32. The number of hydrogen-bond donors (Lipinski definition) is 0. The molecule has 0 atom stereocenters. The molecule has 1 heterocycles. The van der Waals surface area contributed by atoms with Gasteiger partial charge in [0.25, 0.3) is 0 Å². The van der Waals surface area contributed by atoms with Gasteiger partial charge < -0.3 is 0 Å². The van der Waals surface area contributed by atoms with Crippen molar-refractivity contribution in [3.8, 4) is 0 Å². The Morgan fingerprint density at radius 3 is 1.85 bits per heavy atom. The predicted molar refractivity (Wildman–Crippen MR) is 84.1 cm³/mol. The van der Waals surface area contributed by atoms with E-state index in [1.807, 2.05) is 36.7 Å². The van der Waals surface area contributed by atoms with E-state index in [-0.39, 0.29) is 0 Å². The highest BCUT2D eigenvalue weighted by Gasteiger charge is 2.04. The van der Waals surface area contributed by atoms with E-state index in [1.165, 1.54) is 22.3 Å². The molecule has 2 aromatic carbocycles. The van der Waals surface area contributed by atoms with Crippen LogP contribution in [-0.2, 0) is 0 Å². The maximum Gasteiger partial charge on any atom is 0.0273 e. The molecule has 20 heavy (non-hydrogen) atoms. The Hall–Kier alpha value is -2.67. The normalized spacial score (nSPS) is 11.3. The Balaban J connectivity index is 2.12. The second kappa shape index (κ2) is 5.98. The number of aromatic nitrogens is 1. The van der Waals surface area contributed by atoms with Crippen LogP contribution in [0.3, 0.4) is 0 Å². The third-order valence-corrected chi connectivity index (χ3v) is 3.19. The average molecular weight is 257 g/mol. The SMILES string of the molecule is C(=C(\c1ccccc1)c1ccncc1)/c1ccccc1. The summed E-state index contributed by atoms with van der Waals surface area (Å²) in [6.45, 7) is 0. The molecule has 0 N–H and O–H groups in total. The minimum Gasteiger partial charge on any atom is -0.265 e. The van der Waals surface area contributed by atoms with E-state index in [0.717, 1.165) is 0 Å². The van der Waals surface area contributed by atoms with Crippen molar-refractivity contribution < 1.29 is 0 Å². The first-order valence-electron chi connectivity index (χ1n) is 6.66. The zero-order valence-electron chi connectivity index (χ0n) is 11.1. The number of nitrogens with zero attached hydrogens (tertiary/aromatic N) is 1. The number of benzene rings is 2. The zero-order valence-corrected chi connectivity index (χ0v) is 11.1. The smallest absolute Gasteiger partial charge is 0.0273 e. The number of rotatable bonds is 3. The number of pyridine rings is 1. The fourth-order valence-electron chi connectivity index (χ4n) is 2.20. The molecule has 1 heteroatoms. The van der Waals surface area contributed by atoms with Crippen molar-refractivity contribution in [3.05, 3.63) is 102 Å². The van der Waals surface area contributed by atoms with Crippen molar-refractivity contribution in [1.82, 2.24) is 4.98 Å². The summed E-state index contributed by atoms with van der Waals surface area (Å²) >= 11 is 0. The summed E-state index contributed by atoms with van der Waals surface area (Å²) in [4.78, 5) is 4.10. The molecule has 0 radical (unpaired) electrons. The average Bonchev–Trinajstić information content (AvgIpc) is 2.55. The highest BCUT2D eigenvalue weighted by Crippen LogP contribution is 2.25. The summed E-state index contributed by atoms with van der Waals surface area (Å²) in [6.07, 6.45) is 5.87. The Labute approximate surface area is 119 Å². The fourth-order valence-corrected chi connectivity index (χ4v) is 2.20. The van der Waals surface area contributed by atoms with Gasteiger partial charge >= 0.3 is 0 Å². The molecule has 3 rings (SSSR count). The van der Waals surface area contributed by atoms with Gasteiger partial charge in [0.15, 0.2) is 0 Å². The molecule has 0 bridgehead atoms. The van der Waals surface area contributed by atoms with Crippen LogP contribution in [0, 0.1) is 0 Å². The van der Waals surface area contributed by atoms with Crippen molar-refractivity contribution in [1.29, 1.82) is 0 Å². The van der Waals surface area contributed by atoms with Gasteiger partial charge in [-0.1, -0.05) is 60.7 Å². The van der Waals surface area contributed by atoms with E-state index in [9.17, 15) is 0 Å². The van der Waals surface area contributed by atoms with E-state index in [1.54, 1.807) is 0 Å². The highest BCUT2D eigenvalue weighted by atomic mass is 14.6. The Morgan fingerprint density at radius 1 is 0.650 bits per heavy atom. The monoisotopic (exact) mass is 257 g/mol. The summed E-state index contributed by atoms with van der Waals surface area (Å²) in [5.74, 6) is 0. The topological polar surface area (TPSA) is 12.9 Å². The molecule has 96 valence electrons. The van der Waals surface area contributed by atoms with Crippen LogP contribution in [0.2, 0.25) is 0 Å². The van der Waals surface area contributed by atoms with Crippen molar-refractivity contribution in [3.63, 3.8) is 0 Å². The highest BCUT2D eigenvalue weighted by molar-refractivity contribution is 5.91. The molecular formula is C19H15N. The van der Waals surface area contributed by atoms with Gasteiger partial charge in [-0.15, -0.1) is 0 Å². The van der Waals surface area contributed by atoms with Crippen LogP contribution >= 0.6 is 0 Å². The largest absolute Gasteiger partial charge is 0.265 e. The van der Waals surface area contributed by atoms with E-state index in [4.69, 9.17) is 0 Å². The summed E-state index contributed by atoms with van der Waals surface area (Å²) in [5, 5.41) is 0. The van der Waals surface area contributed by atoms with Crippen molar-refractivity contribution in [2.45, 2.75) is 0 Å². The lowest BCUT2D eigenvalue weighted by Gasteiger charge is -2.08. The third kappa shape index (κ3) is 2.83. The van der Waals surface area contributed by atoms with Gasteiger partial charge in [-0.2, -0.15) is 0 Å². The quantitative estimate of drug-likeness (QED) is 0.621. The van der Waals surface area contributed by atoms with Crippen LogP contribution < -0.4 is 0 Å². The van der Waals surface area contributed by atoms with Crippen LogP contribution in [0.15, 0.2) is 85.2 Å². The van der Waals surface area contributed by atoms with Gasteiger partial charge in [-0.05, 0) is 40.5 Å². The lowest BCUT2D eigenvalue weighted by atomic mass is 9.96. The van der Waals surface area contributed by atoms with E-state index >= 15 is 0 Å². The van der Waals surface area contributed by atoms with Crippen LogP contribution in [0.5, 0.6) is 0 Å². The molecule has 0 saturated heterocycles. The summed E-state index contributed by atoms with van der Waals surface area (Å²) < 4.78 is 0. The zero-order chi connectivity index (χ0) is 13.6. The molecule has 3 aromatic rings. The molecule has 0 fully saturated rings. The van der Waals surface area contributed by atoms with E-state index in [2.05, 4.69) is 59.6 Å². The van der Waals surface area contributed by atoms with Gasteiger partial charge in [0, 0.05) is 12.4 Å². The molecule has 0 saturated carbocycles. The van der Waals surface area contributed by atoms with Crippen LogP contribution in [0.4, 0.5) is 0 Å². The fraction of sp³-hybridized carbons (Fsp3) is 0. The van der Waals surface area contributed by atoms with E-state index in [0.29, 0.717) is 0 Å². The van der Waals surface area contributed by atoms with Gasteiger partial charge in [0.1, 0.15) is 0 Å². The first-order chi connectivity index (χ1) is 9.93. The van der Waals surface area contributed by atoms with Gasteiger partial charge in [0.05, 0.1) is 0 Å². The Kier molecular flexibility index (Phi) is 3.70. The lowest BCUT2D eigenvalue weighted by Crippen LogP contribution is -1.88. The summed E-state index contributed by atoms with van der Waals surface area (Å²) in [7, 11) is 0. The Morgan fingerprint density at radius 2 is 1.20 bits per heavy atom. The first-order valence-corrected chi connectivity index (χ1v) is 6.66. The molecular weight excluding hydrogens is 242 g/mol. The van der Waals surface area contributed by atoms with E-state index < -0.39 is 0 Å². The molecule has 0 aliphatic carbocycles. The molecule has 0 spiro atoms. The molecule has 0 aliphatic heterocycles. The molecule has 0 amide bonds. The number of hydrogen-bond acceptors (Lipinski definition) is 1. The van der Waals surface area contributed by atoms with Crippen molar-refractivity contribution >= 4 is 11.6 Å². The van der Waals surface area contributed by atoms with Crippen LogP contribution in [0.1, 0.15) is 16.7 Å². The Bertz CT molecular complexity index is 644. The standard InChI is InChI=1S/C19H15N/c1-3-7-16(8-4-1)15-19(17-9-5-2-6-10-17)18-11-13-20-14-12-18/h1-15H/b19-15-. The second-order valence-electron chi connectivity index (χ2n) is 4.57. The van der Waals surface area contributed by atoms with Gasteiger partial charge in [-0.25, -0.2) is 0 Å². The van der Waals surface area contributed by atoms with Crippen LogP contribution in [-0.4, -0.2) is 4.98 Å². The van der Waals surface area contributed by atoms with Crippen molar-refractivity contribution in [2.75, 3.05) is 0 Å². The first kappa shape index (κ1) is 12.4. The third-order valence-electron chi connectivity index (χ3n) is 3.19. The maximum atomic E-state index is 4.10. The molecule has 1 aromatic heterocycles.